The Balaban J connectivity index is 1.71. The summed E-state index contributed by atoms with van der Waals surface area (Å²) < 4.78 is 16.5. The van der Waals surface area contributed by atoms with Crippen molar-refractivity contribution in [2.45, 2.75) is 0 Å². The van der Waals surface area contributed by atoms with Crippen LogP contribution in [0.2, 0.25) is 5.02 Å². The quantitative estimate of drug-likeness (QED) is 0.551. The Kier molecular flexibility index (Phi) is 4.66. The number of ether oxygens (including phenoxy) is 3. The van der Waals surface area contributed by atoms with E-state index in [4.69, 9.17) is 25.8 Å². The summed E-state index contributed by atoms with van der Waals surface area (Å²) in [6, 6.07) is 4.70. The van der Waals surface area contributed by atoms with Gasteiger partial charge in [0.05, 0.1) is 35.0 Å². The van der Waals surface area contributed by atoms with Crippen molar-refractivity contribution < 1.29 is 28.9 Å². The molecule has 1 fully saturated rings. The molecule has 3 aliphatic rings. The van der Waals surface area contributed by atoms with Gasteiger partial charge in [0.25, 0.3) is 0 Å². The molecule has 5 heterocycles. The number of anilines is 4. The van der Waals surface area contributed by atoms with Crippen LogP contribution in [0.3, 0.4) is 0 Å². The number of pyridine rings is 1. The van der Waals surface area contributed by atoms with E-state index in [1.165, 1.54) is 4.90 Å². The first-order valence-corrected chi connectivity index (χ1v) is 11.3. The van der Waals surface area contributed by atoms with Gasteiger partial charge in [-0.2, -0.15) is 5.26 Å². The number of amides is 2. The third kappa shape index (κ3) is 2.88. The van der Waals surface area contributed by atoms with E-state index in [9.17, 15) is 20.0 Å². The third-order valence-corrected chi connectivity index (χ3v) is 7.13. The smallest absolute Gasteiger partial charge is 0.348 e. The fourth-order valence-corrected chi connectivity index (χ4v) is 5.52. The van der Waals surface area contributed by atoms with Crippen molar-refractivity contribution in [2.24, 2.45) is 0 Å². The van der Waals surface area contributed by atoms with Gasteiger partial charge < -0.3 is 29.5 Å². The van der Waals surface area contributed by atoms with E-state index in [0.29, 0.717) is 48.1 Å². The van der Waals surface area contributed by atoms with Crippen LogP contribution in [0.25, 0.3) is 10.2 Å². The number of carbonyl (C=O) groups excluding carboxylic acids is 1. The summed E-state index contributed by atoms with van der Waals surface area (Å²) in [5.74, 6) is -0.216. The second kappa shape index (κ2) is 7.63. The van der Waals surface area contributed by atoms with Crippen LogP contribution in [0.5, 0.6) is 11.5 Å². The summed E-state index contributed by atoms with van der Waals surface area (Å²) in [6.07, 6.45) is 0. The summed E-state index contributed by atoms with van der Waals surface area (Å²) in [7, 11) is 0. The molecule has 2 aromatic heterocycles. The van der Waals surface area contributed by atoms with Crippen LogP contribution < -0.4 is 24.6 Å². The molecule has 0 saturated carbocycles. The lowest BCUT2D eigenvalue weighted by molar-refractivity contribution is 0.0703. The van der Waals surface area contributed by atoms with Crippen molar-refractivity contribution in [3.8, 4) is 17.6 Å². The largest absolute Gasteiger partial charge is 0.477 e. The number of benzene rings is 1. The third-order valence-electron chi connectivity index (χ3n) is 5.76. The molecule has 0 atom stereocenters. The highest BCUT2D eigenvalue weighted by molar-refractivity contribution is 7.21. The number of thiophene rings is 1. The monoisotopic (exact) mass is 499 g/mol. The number of urea groups is 1. The Hall–Kier alpha value is -3.79. The molecule has 13 heteroatoms. The molecule has 3 aromatic rings. The van der Waals surface area contributed by atoms with Gasteiger partial charge in [0, 0.05) is 13.1 Å². The number of carboxylic acid groups (broad SMARTS) is 1. The van der Waals surface area contributed by atoms with Crippen molar-refractivity contribution in [1.82, 2.24) is 4.98 Å². The number of aromatic carboxylic acids is 1. The highest BCUT2D eigenvalue weighted by Crippen LogP contribution is 2.54. The molecule has 1 saturated heterocycles. The molecular weight excluding hydrogens is 486 g/mol. The fourth-order valence-electron chi connectivity index (χ4n) is 4.32. The van der Waals surface area contributed by atoms with Crippen molar-refractivity contribution in [1.29, 1.82) is 5.26 Å². The minimum Gasteiger partial charge on any atom is -0.477 e. The number of rotatable bonds is 3. The molecule has 2 N–H and O–H groups in total. The molecule has 2 amide bonds. The Morgan fingerprint density at radius 2 is 2.06 bits per heavy atom. The zero-order valence-electron chi connectivity index (χ0n) is 17.3. The topological polar surface area (TPSA) is 137 Å². The number of carbonyl (C=O) groups is 2. The first kappa shape index (κ1) is 20.8. The molecule has 6 rings (SSSR count). The SMILES string of the molecule is N#Cc1c(N2CCOCC2)nc2sc(C(=O)O)c3c2c1N(c1c(Cl)ccc2c1OCO2)C(=O)N3. The molecule has 0 radical (unpaired) electrons. The summed E-state index contributed by atoms with van der Waals surface area (Å²) in [5.41, 5.74) is 0.608. The number of nitrogens with one attached hydrogen (secondary N) is 1. The molecular formula is C21H14ClN5O6S. The molecule has 0 aliphatic carbocycles. The van der Waals surface area contributed by atoms with Crippen molar-refractivity contribution >= 4 is 68.0 Å². The second-order valence-corrected chi connectivity index (χ2v) is 8.96. The lowest BCUT2D eigenvalue weighted by atomic mass is 10.1. The average Bonchev–Trinajstić information content (AvgIpc) is 3.45. The molecule has 0 bridgehead atoms. The van der Waals surface area contributed by atoms with Gasteiger partial charge in [-0.3, -0.25) is 4.90 Å². The number of morpholine rings is 1. The number of nitriles is 1. The van der Waals surface area contributed by atoms with E-state index in [1.54, 1.807) is 12.1 Å². The van der Waals surface area contributed by atoms with Crippen molar-refractivity contribution in [3.05, 3.63) is 27.6 Å². The maximum atomic E-state index is 13.5. The van der Waals surface area contributed by atoms with E-state index in [2.05, 4.69) is 16.4 Å². The lowest BCUT2D eigenvalue weighted by Crippen LogP contribution is -2.39. The van der Waals surface area contributed by atoms with Gasteiger partial charge in [0.1, 0.15) is 27.0 Å². The fraction of sp³-hybridized carbons (Fsp3) is 0.238. The molecule has 1 aromatic carbocycles. The van der Waals surface area contributed by atoms with Crippen LogP contribution in [0.15, 0.2) is 12.1 Å². The Labute approximate surface area is 200 Å². The molecule has 0 spiro atoms. The maximum absolute atomic E-state index is 13.5. The number of carboxylic acids is 1. The van der Waals surface area contributed by atoms with E-state index >= 15 is 0 Å². The van der Waals surface area contributed by atoms with Crippen LogP contribution in [0, 0.1) is 11.3 Å². The standard InChI is InChI=1S/C21H14ClN5O6S/c22-10-1-2-11-16(33-8-32-11)15(10)27-14-9(7-23)18(26-3-5-31-6-4-26)25-19-12(14)13(24-21(27)30)17(34-19)20(28)29/h1-2H,3-6,8H2,(H,24,30)(H,28,29). The predicted molar refractivity (Wildman–Crippen MR) is 123 cm³/mol. The minimum atomic E-state index is -1.21. The average molecular weight is 500 g/mol. The van der Waals surface area contributed by atoms with Crippen LogP contribution in [-0.2, 0) is 4.74 Å². The van der Waals surface area contributed by atoms with Gasteiger partial charge in [0.15, 0.2) is 17.3 Å². The number of hydrogen-bond acceptors (Lipinski definition) is 9. The summed E-state index contributed by atoms with van der Waals surface area (Å²) >= 11 is 7.46. The normalized spacial score (nSPS) is 16.5. The van der Waals surface area contributed by atoms with E-state index in [0.717, 1.165) is 11.3 Å². The maximum Gasteiger partial charge on any atom is 0.348 e. The van der Waals surface area contributed by atoms with E-state index in [1.807, 2.05) is 4.90 Å². The summed E-state index contributed by atoms with van der Waals surface area (Å²) in [4.78, 5) is 33.5. The van der Waals surface area contributed by atoms with Crippen LogP contribution in [-0.4, -0.2) is 55.2 Å². The van der Waals surface area contributed by atoms with Gasteiger partial charge in [-0.15, -0.1) is 11.3 Å². The van der Waals surface area contributed by atoms with Crippen LogP contribution in [0.1, 0.15) is 15.2 Å². The zero-order chi connectivity index (χ0) is 23.6. The Morgan fingerprint density at radius 3 is 2.79 bits per heavy atom. The van der Waals surface area contributed by atoms with Crippen LogP contribution >= 0.6 is 22.9 Å². The highest BCUT2D eigenvalue weighted by Gasteiger charge is 2.40. The van der Waals surface area contributed by atoms with E-state index < -0.39 is 12.0 Å². The number of halogens is 1. The van der Waals surface area contributed by atoms with Gasteiger partial charge >= 0.3 is 12.0 Å². The summed E-state index contributed by atoms with van der Waals surface area (Å²) in [6.45, 7) is 1.82. The number of fused-ring (bicyclic) bond motifs is 1. The van der Waals surface area contributed by atoms with Gasteiger partial charge in [-0.25, -0.2) is 14.6 Å². The number of nitrogens with zero attached hydrogens (tertiary/aromatic N) is 4. The zero-order valence-corrected chi connectivity index (χ0v) is 18.8. The van der Waals surface area contributed by atoms with Gasteiger partial charge in [0.2, 0.25) is 6.79 Å². The van der Waals surface area contributed by atoms with Gasteiger partial charge in [-0.05, 0) is 12.1 Å². The summed E-state index contributed by atoms with van der Waals surface area (Å²) in [5, 5.41) is 23.2. The minimum absolute atomic E-state index is 0.0547. The van der Waals surface area contributed by atoms with E-state index in [-0.39, 0.29) is 45.1 Å². The highest BCUT2D eigenvalue weighted by atomic mass is 35.5. The Morgan fingerprint density at radius 1 is 1.26 bits per heavy atom. The molecule has 3 aliphatic heterocycles. The number of aromatic nitrogens is 1. The molecule has 34 heavy (non-hydrogen) atoms. The van der Waals surface area contributed by atoms with Crippen molar-refractivity contribution in [3.63, 3.8) is 0 Å². The first-order chi connectivity index (χ1) is 16.5. The van der Waals surface area contributed by atoms with Crippen LogP contribution in [0.4, 0.5) is 27.7 Å². The lowest BCUT2D eigenvalue weighted by Gasteiger charge is -2.33. The first-order valence-electron chi connectivity index (χ1n) is 10.2. The van der Waals surface area contributed by atoms with Crippen molar-refractivity contribution in [2.75, 3.05) is 48.2 Å². The second-order valence-electron chi connectivity index (χ2n) is 7.56. The number of hydrogen-bond donors (Lipinski definition) is 2. The van der Waals surface area contributed by atoms with Gasteiger partial charge in [-0.1, -0.05) is 11.6 Å². The molecule has 11 nitrogen and oxygen atoms in total. The molecule has 172 valence electrons. The Bertz CT molecular complexity index is 1440. The molecule has 0 unspecified atom stereocenters. The predicted octanol–water partition coefficient (Wildman–Crippen LogP) is 3.77.